The lowest BCUT2D eigenvalue weighted by atomic mass is 9.95. The molecular formula is C19H22ClN3O2. The van der Waals surface area contributed by atoms with Gasteiger partial charge in [0.2, 0.25) is 0 Å². The zero-order valence-electron chi connectivity index (χ0n) is 14.1. The molecule has 2 heterocycles. The predicted molar refractivity (Wildman–Crippen MR) is 95.5 cm³/mol. The van der Waals surface area contributed by atoms with Gasteiger partial charge in [-0.2, -0.15) is 0 Å². The highest BCUT2D eigenvalue weighted by Gasteiger charge is 2.27. The molecule has 0 saturated heterocycles. The smallest absolute Gasteiger partial charge is 0.272 e. The number of carbonyl (C=O) groups excluding carboxylic acids is 1. The van der Waals surface area contributed by atoms with Crippen LogP contribution in [0.2, 0.25) is 5.02 Å². The fourth-order valence-corrected chi connectivity index (χ4v) is 3.82. The van der Waals surface area contributed by atoms with E-state index in [2.05, 4.69) is 10.3 Å². The van der Waals surface area contributed by atoms with E-state index in [0.29, 0.717) is 23.9 Å². The van der Waals surface area contributed by atoms with Crippen molar-refractivity contribution >= 4 is 17.5 Å². The summed E-state index contributed by atoms with van der Waals surface area (Å²) in [7, 11) is 0. The molecule has 1 aromatic heterocycles. The molecule has 6 heteroatoms. The lowest BCUT2D eigenvalue weighted by Gasteiger charge is -2.26. The third-order valence-corrected chi connectivity index (χ3v) is 5.38. The van der Waals surface area contributed by atoms with Gasteiger partial charge in [0.25, 0.3) is 5.91 Å². The standard InChI is InChI=1S/C19H22ClN3O2/c20-14-8-6-13(7-9-14)17-10-23-12-21-18(16(23)11-25-17)19(24)22-15-4-2-1-3-5-15/h6-9,12,15,17H,1-5,10-11H2,(H,22,24)/t17-/m1/s1. The Balaban J connectivity index is 1.46. The number of fused-ring (bicyclic) bond motifs is 1. The van der Waals surface area contributed by atoms with Crippen molar-refractivity contribution in [2.75, 3.05) is 0 Å². The summed E-state index contributed by atoms with van der Waals surface area (Å²) in [4.78, 5) is 16.9. The van der Waals surface area contributed by atoms with Crippen molar-refractivity contribution in [3.63, 3.8) is 0 Å². The number of rotatable bonds is 3. The van der Waals surface area contributed by atoms with Crippen LogP contribution in [0, 0.1) is 0 Å². The normalized spacial score (nSPS) is 20.9. The molecule has 2 aliphatic rings. The minimum atomic E-state index is -0.0748. The SMILES string of the molecule is O=C(NC1CCCCC1)c1ncn2c1CO[C@@H](c1ccc(Cl)cc1)C2. The highest BCUT2D eigenvalue weighted by Crippen LogP contribution is 2.28. The predicted octanol–water partition coefficient (Wildman–Crippen LogP) is 3.87. The molecule has 1 aliphatic carbocycles. The Morgan fingerprint density at radius 1 is 1.20 bits per heavy atom. The zero-order chi connectivity index (χ0) is 17.2. The second kappa shape index (κ2) is 7.18. The van der Waals surface area contributed by atoms with Crippen LogP contribution in [0.5, 0.6) is 0 Å². The Morgan fingerprint density at radius 3 is 2.72 bits per heavy atom. The van der Waals surface area contributed by atoms with Crippen molar-refractivity contribution < 1.29 is 9.53 Å². The number of ether oxygens (including phenoxy) is 1. The maximum Gasteiger partial charge on any atom is 0.272 e. The summed E-state index contributed by atoms with van der Waals surface area (Å²) in [6.45, 7) is 1.04. The molecule has 5 nitrogen and oxygen atoms in total. The molecule has 1 amide bonds. The van der Waals surface area contributed by atoms with Crippen LogP contribution in [-0.2, 0) is 17.9 Å². The first-order chi connectivity index (χ1) is 12.2. The number of nitrogens with zero attached hydrogens (tertiary/aromatic N) is 2. The van der Waals surface area contributed by atoms with E-state index in [1.807, 2.05) is 28.8 Å². The second-order valence-electron chi connectivity index (χ2n) is 6.85. The molecule has 132 valence electrons. The Kier molecular flexibility index (Phi) is 4.77. The average Bonchev–Trinajstić information content (AvgIpc) is 3.06. The van der Waals surface area contributed by atoms with E-state index in [1.165, 1.54) is 19.3 Å². The maximum absolute atomic E-state index is 12.6. The number of hydrogen-bond acceptors (Lipinski definition) is 3. The minimum absolute atomic E-state index is 0.0479. The van der Waals surface area contributed by atoms with Crippen LogP contribution < -0.4 is 5.32 Å². The Labute approximate surface area is 152 Å². The molecule has 1 fully saturated rings. The van der Waals surface area contributed by atoms with E-state index >= 15 is 0 Å². The number of carbonyl (C=O) groups is 1. The number of amides is 1. The van der Waals surface area contributed by atoms with E-state index in [-0.39, 0.29) is 18.1 Å². The van der Waals surface area contributed by atoms with E-state index in [4.69, 9.17) is 16.3 Å². The maximum atomic E-state index is 12.6. The Bertz CT molecular complexity index is 751. The van der Waals surface area contributed by atoms with E-state index in [0.717, 1.165) is 24.1 Å². The van der Waals surface area contributed by atoms with Crippen molar-refractivity contribution in [1.29, 1.82) is 0 Å². The quantitative estimate of drug-likeness (QED) is 0.905. The van der Waals surface area contributed by atoms with Crippen molar-refractivity contribution in [3.8, 4) is 0 Å². The number of halogens is 1. The third kappa shape index (κ3) is 3.58. The van der Waals surface area contributed by atoms with Gasteiger partial charge >= 0.3 is 0 Å². The molecule has 4 rings (SSSR count). The Hall–Kier alpha value is -1.85. The van der Waals surface area contributed by atoms with Crippen LogP contribution >= 0.6 is 11.6 Å². The van der Waals surface area contributed by atoms with Gasteiger partial charge in [-0.1, -0.05) is 43.0 Å². The third-order valence-electron chi connectivity index (χ3n) is 5.13. The molecule has 1 aliphatic heterocycles. The first kappa shape index (κ1) is 16.6. The summed E-state index contributed by atoms with van der Waals surface area (Å²) in [5, 5.41) is 3.85. The second-order valence-corrected chi connectivity index (χ2v) is 7.29. The van der Waals surface area contributed by atoms with Crippen LogP contribution in [0.3, 0.4) is 0 Å². The highest BCUT2D eigenvalue weighted by atomic mass is 35.5. The molecular weight excluding hydrogens is 338 g/mol. The van der Waals surface area contributed by atoms with Gasteiger partial charge in [0.05, 0.1) is 25.2 Å². The average molecular weight is 360 g/mol. The number of benzene rings is 1. The largest absolute Gasteiger partial charge is 0.365 e. The molecule has 1 saturated carbocycles. The highest BCUT2D eigenvalue weighted by molar-refractivity contribution is 6.30. The van der Waals surface area contributed by atoms with Crippen LogP contribution in [-0.4, -0.2) is 21.5 Å². The van der Waals surface area contributed by atoms with E-state index < -0.39 is 0 Å². The molecule has 0 spiro atoms. The van der Waals surface area contributed by atoms with Gasteiger partial charge in [0.1, 0.15) is 6.10 Å². The fourth-order valence-electron chi connectivity index (χ4n) is 3.70. The summed E-state index contributed by atoms with van der Waals surface area (Å²) in [5.41, 5.74) is 2.44. The summed E-state index contributed by atoms with van der Waals surface area (Å²) in [6.07, 6.45) is 7.49. The number of imidazole rings is 1. The molecule has 2 aromatic rings. The number of aromatic nitrogens is 2. The van der Waals surface area contributed by atoms with Gasteiger partial charge in [-0.05, 0) is 30.5 Å². The van der Waals surface area contributed by atoms with Gasteiger partial charge in [0, 0.05) is 11.1 Å². The molecule has 0 unspecified atom stereocenters. The summed E-state index contributed by atoms with van der Waals surface area (Å²) in [5.74, 6) is -0.0748. The topological polar surface area (TPSA) is 56.2 Å². The summed E-state index contributed by atoms with van der Waals surface area (Å²) in [6, 6.07) is 7.97. The van der Waals surface area contributed by atoms with E-state index in [1.54, 1.807) is 6.33 Å². The van der Waals surface area contributed by atoms with E-state index in [9.17, 15) is 4.79 Å². The Morgan fingerprint density at radius 2 is 1.96 bits per heavy atom. The lowest BCUT2D eigenvalue weighted by Crippen LogP contribution is -2.37. The molecule has 25 heavy (non-hydrogen) atoms. The summed E-state index contributed by atoms with van der Waals surface area (Å²) < 4.78 is 8.01. The van der Waals surface area contributed by atoms with Crippen molar-refractivity contribution in [3.05, 3.63) is 52.6 Å². The summed E-state index contributed by atoms with van der Waals surface area (Å²) >= 11 is 5.95. The van der Waals surface area contributed by atoms with Crippen LogP contribution in [0.1, 0.15) is 60.0 Å². The van der Waals surface area contributed by atoms with Crippen molar-refractivity contribution in [2.45, 2.75) is 57.4 Å². The number of nitrogens with one attached hydrogen (secondary N) is 1. The van der Waals surface area contributed by atoms with Gasteiger partial charge in [-0.25, -0.2) is 4.98 Å². The first-order valence-corrected chi connectivity index (χ1v) is 9.30. The number of hydrogen-bond donors (Lipinski definition) is 1. The molecule has 1 N–H and O–H groups in total. The molecule has 1 aromatic carbocycles. The van der Waals surface area contributed by atoms with Crippen molar-refractivity contribution in [1.82, 2.24) is 14.9 Å². The van der Waals surface area contributed by atoms with Crippen LogP contribution in [0.25, 0.3) is 0 Å². The molecule has 0 radical (unpaired) electrons. The molecule has 1 atom stereocenters. The fraction of sp³-hybridized carbons (Fsp3) is 0.474. The van der Waals surface area contributed by atoms with Crippen LogP contribution in [0.15, 0.2) is 30.6 Å². The zero-order valence-corrected chi connectivity index (χ0v) is 14.8. The first-order valence-electron chi connectivity index (χ1n) is 8.92. The van der Waals surface area contributed by atoms with Gasteiger partial charge in [-0.15, -0.1) is 0 Å². The monoisotopic (exact) mass is 359 g/mol. The van der Waals surface area contributed by atoms with Gasteiger partial charge in [0.15, 0.2) is 5.69 Å². The van der Waals surface area contributed by atoms with Gasteiger partial charge < -0.3 is 14.6 Å². The lowest BCUT2D eigenvalue weighted by molar-refractivity contribution is 0.00256. The van der Waals surface area contributed by atoms with Crippen LogP contribution in [0.4, 0.5) is 0 Å². The minimum Gasteiger partial charge on any atom is -0.365 e. The van der Waals surface area contributed by atoms with Gasteiger partial charge in [-0.3, -0.25) is 4.79 Å². The molecule has 0 bridgehead atoms. The van der Waals surface area contributed by atoms with Crippen molar-refractivity contribution in [2.24, 2.45) is 0 Å².